The highest BCUT2D eigenvalue weighted by Crippen LogP contribution is 2.49. The van der Waals surface area contributed by atoms with E-state index in [-0.39, 0.29) is 6.29 Å². The maximum atomic E-state index is 5.96. The van der Waals surface area contributed by atoms with E-state index in [1.54, 1.807) is 0 Å². The number of ether oxygens (including phenoxy) is 3. The van der Waals surface area contributed by atoms with Gasteiger partial charge in [0.05, 0.1) is 25.4 Å². The Morgan fingerprint density at radius 3 is 2.83 bits per heavy atom. The van der Waals surface area contributed by atoms with Gasteiger partial charge in [0.2, 0.25) is 0 Å². The molecule has 0 unspecified atom stereocenters. The fraction of sp³-hybridized carbons (Fsp3) is 0.600. The van der Waals surface area contributed by atoms with Crippen molar-refractivity contribution < 1.29 is 14.2 Å². The molecule has 2 bridgehead atoms. The van der Waals surface area contributed by atoms with Crippen molar-refractivity contribution >= 4 is 0 Å². The first-order chi connectivity index (χ1) is 8.92. The van der Waals surface area contributed by atoms with Gasteiger partial charge in [0.25, 0.3) is 0 Å². The van der Waals surface area contributed by atoms with Gasteiger partial charge in [-0.1, -0.05) is 30.3 Å². The molecule has 3 fully saturated rings. The Hall–Kier alpha value is -0.900. The number of benzene rings is 1. The second-order valence-electron chi connectivity index (χ2n) is 5.53. The lowest BCUT2D eigenvalue weighted by Gasteiger charge is -2.23. The molecule has 0 amide bonds. The van der Waals surface area contributed by atoms with Crippen LogP contribution in [0.4, 0.5) is 0 Å². The SMILES string of the molecule is c1ccc(CO[C@@H]2OC[C@@H]3[C@H]2[C@@H]2CC[C@H]3O2)cc1. The predicted octanol–water partition coefficient (Wildman–Crippen LogP) is 2.35. The first-order valence-corrected chi connectivity index (χ1v) is 6.84. The lowest BCUT2D eigenvalue weighted by Crippen LogP contribution is -2.32. The smallest absolute Gasteiger partial charge is 0.163 e. The van der Waals surface area contributed by atoms with Crippen molar-refractivity contribution in [3.63, 3.8) is 0 Å². The summed E-state index contributed by atoms with van der Waals surface area (Å²) in [5.41, 5.74) is 1.20. The monoisotopic (exact) mass is 246 g/mol. The molecule has 0 N–H and O–H groups in total. The third kappa shape index (κ3) is 1.69. The third-order valence-corrected chi connectivity index (χ3v) is 4.51. The molecule has 18 heavy (non-hydrogen) atoms. The molecular weight excluding hydrogens is 228 g/mol. The summed E-state index contributed by atoms with van der Waals surface area (Å²) in [5.74, 6) is 1.04. The minimum atomic E-state index is -0.0643. The second-order valence-corrected chi connectivity index (χ2v) is 5.53. The standard InChI is InChI=1S/C15H18O3/c1-2-4-10(5-3-1)8-16-15-14-11(9-17-15)12-6-7-13(14)18-12/h1-5,11-15H,6-9H2/t11-,12+,13-,14-,15+/m0/s1. The topological polar surface area (TPSA) is 27.7 Å². The van der Waals surface area contributed by atoms with E-state index in [1.807, 2.05) is 18.2 Å². The average molecular weight is 246 g/mol. The number of hydrogen-bond donors (Lipinski definition) is 0. The van der Waals surface area contributed by atoms with E-state index in [0.29, 0.717) is 30.7 Å². The molecule has 3 aliphatic rings. The summed E-state index contributed by atoms with van der Waals surface area (Å²) in [5, 5.41) is 0. The first-order valence-electron chi connectivity index (χ1n) is 6.84. The molecule has 1 aromatic rings. The Morgan fingerprint density at radius 1 is 1.11 bits per heavy atom. The summed E-state index contributed by atoms with van der Waals surface area (Å²) >= 11 is 0. The van der Waals surface area contributed by atoms with Gasteiger partial charge < -0.3 is 14.2 Å². The summed E-state index contributed by atoms with van der Waals surface area (Å²) < 4.78 is 17.7. The lowest BCUT2D eigenvalue weighted by molar-refractivity contribution is -0.153. The normalized spacial score (nSPS) is 41.2. The fourth-order valence-corrected chi connectivity index (χ4v) is 3.64. The van der Waals surface area contributed by atoms with Gasteiger partial charge in [-0.15, -0.1) is 0 Å². The van der Waals surface area contributed by atoms with Crippen molar-refractivity contribution in [1.29, 1.82) is 0 Å². The molecule has 0 aromatic heterocycles. The molecule has 3 heteroatoms. The molecular formula is C15H18O3. The molecule has 0 radical (unpaired) electrons. The minimum Gasteiger partial charge on any atom is -0.374 e. The van der Waals surface area contributed by atoms with Gasteiger partial charge >= 0.3 is 0 Å². The zero-order valence-corrected chi connectivity index (χ0v) is 10.3. The van der Waals surface area contributed by atoms with Crippen LogP contribution in [0.15, 0.2) is 30.3 Å². The van der Waals surface area contributed by atoms with Crippen LogP contribution in [0.2, 0.25) is 0 Å². The summed E-state index contributed by atoms with van der Waals surface area (Å²) in [6.07, 6.45) is 3.14. The molecule has 3 heterocycles. The third-order valence-electron chi connectivity index (χ3n) is 4.51. The second kappa shape index (κ2) is 4.34. The van der Waals surface area contributed by atoms with Crippen LogP contribution in [0, 0.1) is 11.8 Å². The van der Waals surface area contributed by atoms with E-state index < -0.39 is 0 Å². The van der Waals surface area contributed by atoms with Crippen LogP contribution >= 0.6 is 0 Å². The summed E-state index contributed by atoms with van der Waals surface area (Å²) in [6, 6.07) is 10.3. The molecule has 0 saturated carbocycles. The van der Waals surface area contributed by atoms with E-state index >= 15 is 0 Å². The Kier molecular flexibility index (Phi) is 2.64. The summed E-state index contributed by atoms with van der Waals surface area (Å²) in [6.45, 7) is 1.44. The van der Waals surface area contributed by atoms with Crippen molar-refractivity contribution in [3.8, 4) is 0 Å². The fourth-order valence-electron chi connectivity index (χ4n) is 3.64. The minimum absolute atomic E-state index is 0.0643. The molecule has 0 aliphatic carbocycles. The first kappa shape index (κ1) is 11.0. The number of fused-ring (bicyclic) bond motifs is 5. The summed E-state index contributed by atoms with van der Waals surface area (Å²) in [4.78, 5) is 0. The van der Waals surface area contributed by atoms with E-state index in [2.05, 4.69) is 12.1 Å². The molecule has 3 nitrogen and oxygen atoms in total. The molecule has 96 valence electrons. The van der Waals surface area contributed by atoms with Gasteiger partial charge in [0, 0.05) is 11.8 Å². The van der Waals surface area contributed by atoms with Gasteiger partial charge in [0.1, 0.15) is 0 Å². The van der Waals surface area contributed by atoms with Gasteiger partial charge in [0.15, 0.2) is 6.29 Å². The highest BCUT2D eigenvalue weighted by atomic mass is 16.7. The zero-order valence-electron chi connectivity index (χ0n) is 10.3. The lowest BCUT2D eigenvalue weighted by atomic mass is 9.81. The van der Waals surface area contributed by atoms with Crippen LogP contribution < -0.4 is 0 Å². The molecule has 1 aromatic carbocycles. The van der Waals surface area contributed by atoms with E-state index in [1.165, 1.54) is 18.4 Å². The van der Waals surface area contributed by atoms with Gasteiger partial charge in [-0.25, -0.2) is 0 Å². The molecule has 3 aliphatic heterocycles. The Balaban J connectivity index is 1.41. The maximum Gasteiger partial charge on any atom is 0.163 e. The van der Waals surface area contributed by atoms with Crippen molar-refractivity contribution in [3.05, 3.63) is 35.9 Å². The molecule has 4 rings (SSSR count). The van der Waals surface area contributed by atoms with Crippen LogP contribution in [-0.2, 0) is 20.8 Å². The van der Waals surface area contributed by atoms with Crippen molar-refractivity contribution in [1.82, 2.24) is 0 Å². The Bertz CT molecular complexity index is 419. The maximum absolute atomic E-state index is 5.96. The average Bonchev–Trinajstić information content (AvgIpc) is 3.11. The highest BCUT2D eigenvalue weighted by molar-refractivity contribution is 5.13. The van der Waals surface area contributed by atoms with Crippen LogP contribution in [-0.4, -0.2) is 25.1 Å². The van der Waals surface area contributed by atoms with Crippen LogP contribution in [0.25, 0.3) is 0 Å². The van der Waals surface area contributed by atoms with Crippen molar-refractivity contribution in [2.75, 3.05) is 6.61 Å². The zero-order chi connectivity index (χ0) is 11.9. The van der Waals surface area contributed by atoms with Crippen LogP contribution in [0.3, 0.4) is 0 Å². The van der Waals surface area contributed by atoms with Crippen LogP contribution in [0.5, 0.6) is 0 Å². The van der Waals surface area contributed by atoms with E-state index in [0.717, 1.165) is 6.61 Å². The Labute approximate surface area is 107 Å². The largest absolute Gasteiger partial charge is 0.374 e. The Morgan fingerprint density at radius 2 is 1.94 bits per heavy atom. The van der Waals surface area contributed by atoms with E-state index in [9.17, 15) is 0 Å². The summed E-state index contributed by atoms with van der Waals surface area (Å²) in [7, 11) is 0. The van der Waals surface area contributed by atoms with Crippen molar-refractivity contribution in [2.24, 2.45) is 11.8 Å². The number of rotatable bonds is 3. The predicted molar refractivity (Wildman–Crippen MR) is 65.8 cm³/mol. The molecule has 0 spiro atoms. The quantitative estimate of drug-likeness (QED) is 0.819. The molecule has 5 atom stereocenters. The van der Waals surface area contributed by atoms with Gasteiger partial charge in [-0.05, 0) is 18.4 Å². The van der Waals surface area contributed by atoms with Crippen molar-refractivity contribution in [2.45, 2.75) is 37.9 Å². The number of hydrogen-bond acceptors (Lipinski definition) is 3. The van der Waals surface area contributed by atoms with Gasteiger partial charge in [-0.2, -0.15) is 0 Å². The molecule has 3 saturated heterocycles. The van der Waals surface area contributed by atoms with Crippen LogP contribution in [0.1, 0.15) is 18.4 Å². The highest BCUT2D eigenvalue weighted by Gasteiger charge is 2.56. The van der Waals surface area contributed by atoms with Gasteiger partial charge in [-0.3, -0.25) is 0 Å². The van der Waals surface area contributed by atoms with E-state index in [4.69, 9.17) is 14.2 Å².